The molecule has 0 bridgehead atoms. The maximum atomic E-state index is 11.6. The van der Waals surface area contributed by atoms with Crippen molar-refractivity contribution in [1.29, 1.82) is 0 Å². The second-order valence-electron chi connectivity index (χ2n) is 3.80. The van der Waals surface area contributed by atoms with Crippen LogP contribution in [0.5, 0.6) is 0 Å². The fraction of sp³-hybridized carbons (Fsp3) is 0.273. The van der Waals surface area contributed by atoms with Crippen molar-refractivity contribution in [2.24, 2.45) is 0 Å². The number of nitrogens with zero attached hydrogens (tertiary/aromatic N) is 3. The van der Waals surface area contributed by atoms with E-state index < -0.39 is 0 Å². The van der Waals surface area contributed by atoms with Crippen molar-refractivity contribution in [3.8, 4) is 0 Å². The van der Waals surface area contributed by atoms with Gasteiger partial charge in [-0.1, -0.05) is 24.0 Å². The summed E-state index contributed by atoms with van der Waals surface area (Å²) in [4.78, 5) is 43.2. The molecule has 1 aromatic heterocycles. The molecule has 9 heteroatoms. The van der Waals surface area contributed by atoms with E-state index in [9.17, 15) is 14.4 Å². The number of carbonyl (C=O) groups excluding carboxylic acids is 3. The van der Waals surface area contributed by atoms with Gasteiger partial charge in [0.05, 0.1) is 5.75 Å². The SMILES string of the molecule is O=C(CSC(=S)N1C(=O)CCC1=O)Nc1ncccn1. The first-order valence-electron chi connectivity index (χ1n) is 5.67. The summed E-state index contributed by atoms with van der Waals surface area (Å²) in [5.74, 6) is -0.827. The Morgan fingerprint density at radius 1 is 1.30 bits per heavy atom. The summed E-state index contributed by atoms with van der Waals surface area (Å²) in [6.07, 6.45) is 3.34. The largest absolute Gasteiger partial charge is 0.294 e. The summed E-state index contributed by atoms with van der Waals surface area (Å²) in [6.45, 7) is 0. The number of hydrogen-bond donors (Lipinski definition) is 1. The minimum absolute atomic E-state index is 0.0197. The van der Waals surface area contributed by atoms with Gasteiger partial charge in [-0.15, -0.1) is 0 Å². The molecule has 0 unspecified atom stereocenters. The fourth-order valence-corrected chi connectivity index (χ4v) is 2.54. The molecular weight excluding hydrogens is 300 g/mol. The number of aromatic nitrogens is 2. The molecule has 2 rings (SSSR count). The third kappa shape index (κ3) is 3.58. The van der Waals surface area contributed by atoms with Crippen LogP contribution in [0, 0.1) is 0 Å². The first-order chi connectivity index (χ1) is 9.58. The molecule has 3 amide bonds. The van der Waals surface area contributed by atoms with Crippen molar-refractivity contribution in [1.82, 2.24) is 14.9 Å². The van der Waals surface area contributed by atoms with E-state index in [1.165, 1.54) is 12.4 Å². The lowest BCUT2D eigenvalue weighted by Crippen LogP contribution is -2.33. The first kappa shape index (κ1) is 14.5. The molecule has 0 aromatic carbocycles. The van der Waals surface area contributed by atoms with Gasteiger partial charge in [0.15, 0.2) is 0 Å². The van der Waals surface area contributed by atoms with Crippen LogP contribution < -0.4 is 5.32 Å². The molecule has 1 N–H and O–H groups in total. The lowest BCUT2D eigenvalue weighted by atomic mass is 10.4. The minimum Gasteiger partial charge on any atom is -0.294 e. The molecule has 1 aromatic rings. The summed E-state index contributed by atoms with van der Waals surface area (Å²) >= 11 is 5.94. The van der Waals surface area contributed by atoms with Crippen LogP contribution in [0.1, 0.15) is 12.8 Å². The number of thiocarbonyl (C=S) groups is 1. The zero-order chi connectivity index (χ0) is 14.5. The number of nitrogens with one attached hydrogen (secondary N) is 1. The van der Waals surface area contributed by atoms with E-state index in [0.717, 1.165) is 16.7 Å². The van der Waals surface area contributed by atoms with E-state index >= 15 is 0 Å². The summed E-state index contributed by atoms with van der Waals surface area (Å²) < 4.78 is 0.0987. The van der Waals surface area contributed by atoms with Crippen molar-refractivity contribution in [3.63, 3.8) is 0 Å². The average molecular weight is 310 g/mol. The van der Waals surface area contributed by atoms with Gasteiger partial charge in [-0.2, -0.15) is 0 Å². The summed E-state index contributed by atoms with van der Waals surface area (Å²) in [5.41, 5.74) is 0. The molecule has 104 valence electrons. The van der Waals surface area contributed by atoms with Crippen LogP contribution in [0.2, 0.25) is 0 Å². The van der Waals surface area contributed by atoms with Crippen molar-refractivity contribution in [2.75, 3.05) is 11.1 Å². The molecule has 20 heavy (non-hydrogen) atoms. The summed E-state index contributed by atoms with van der Waals surface area (Å²) in [6, 6.07) is 1.63. The van der Waals surface area contributed by atoms with Crippen LogP contribution in [0.4, 0.5) is 5.95 Å². The number of anilines is 1. The van der Waals surface area contributed by atoms with Gasteiger partial charge < -0.3 is 0 Å². The second kappa shape index (κ2) is 6.53. The molecule has 0 radical (unpaired) electrons. The van der Waals surface area contributed by atoms with Gasteiger partial charge in [-0.3, -0.25) is 19.7 Å². The van der Waals surface area contributed by atoms with Gasteiger partial charge in [0.2, 0.25) is 23.7 Å². The van der Waals surface area contributed by atoms with Crippen molar-refractivity contribution < 1.29 is 14.4 Å². The lowest BCUT2D eigenvalue weighted by molar-refractivity contribution is -0.133. The Labute approximate surface area is 124 Å². The number of imide groups is 1. The summed E-state index contributed by atoms with van der Waals surface area (Å²) in [7, 11) is 0. The Morgan fingerprint density at radius 2 is 1.90 bits per heavy atom. The second-order valence-corrected chi connectivity index (χ2v) is 5.41. The first-order valence-corrected chi connectivity index (χ1v) is 7.06. The molecule has 1 saturated heterocycles. The number of likely N-dealkylation sites (tertiary alicyclic amines) is 1. The molecule has 0 atom stereocenters. The lowest BCUT2D eigenvalue weighted by Gasteiger charge is -2.13. The summed E-state index contributed by atoms with van der Waals surface area (Å²) in [5, 5.41) is 2.48. The van der Waals surface area contributed by atoms with Gasteiger partial charge >= 0.3 is 0 Å². The molecule has 7 nitrogen and oxygen atoms in total. The van der Waals surface area contributed by atoms with Crippen molar-refractivity contribution in [3.05, 3.63) is 18.5 Å². The predicted molar refractivity (Wildman–Crippen MR) is 76.8 cm³/mol. The number of thioether (sulfide) groups is 1. The van der Waals surface area contributed by atoms with Crippen LogP contribution in [0.25, 0.3) is 0 Å². The van der Waals surface area contributed by atoms with Crippen LogP contribution in [-0.2, 0) is 14.4 Å². The molecule has 1 aliphatic heterocycles. The van der Waals surface area contributed by atoms with Gasteiger partial charge in [-0.25, -0.2) is 14.9 Å². The Balaban J connectivity index is 1.83. The zero-order valence-corrected chi connectivity index (χ0v) is 11.9. The smallest absolute Gasteiger partial charge is 0.237 e. The molecule has 1 aliphatic rings. The van der Waals surface area contributed by atoms with E-state index in [1.54, 1.807) is 6.07 Å². The zero-order valence-electron chi connectivity index (χ0n) is 10.2. The van der Waals surface area contributed by atoms with E-state index in [2.05, 4.69) is 15.3 Å². The minimum atomic E-state index is -0.359. The van der Waals surface area contributed by atoms with Gasteiger partial charge in [0, 0.05) is 25.2 Å². The fourth-order valence-electron chi connectivity index (χ4n) is 1.50. The monoisotopic (exact) mass is 310 g/mol. The maximum Gasteiger partial charge on any atom is 0.237 e. The predicted octanol–water partition coefficient (Wildman–Crippen LogP) is 0.582. The van der Waals surface area contributed by atoms with Gasteiger partial charge in [0.1, 0.15) is 4.32 Å². The van der Waals surface area contributed by atoms with Crippen LogP contribution in [0.15, 0.2) is 18.5 Å². The number of hydrogen-bond acceptors (Lipinski definition) is 7. The Kier molecular flexibility index (Phi) is 4.74. The highest BCUT2D eigenvalue weighted by Crippen LogP contribution is 2.18. The third-order valence-electron chi connectivity index (χ3n) is 2.38. The molecular formula is C11H10N4O3S2. The topological polar surface area (TPSA) is 92.3 Å². The average Bonchev–Trinajstić information content (AvgIpc) is 2.77. The van der Waals surface area contributed by atoms with Gasteiger partial charge in [-0.05, 0) is 6.07 Å². The normalized spacial score (nSPS) is 14.5. The number of rotatable bonds is 3. The van der Waals surface area contributed by atoms with Crippen molar-refractivity contribution >= 4 is 52.0 Å². The Bertz CT molecular complexity index is 548. The third-order valence-corrected chi connectivity index (χ3v) is 3.75. The Hall–Kier alpha value is -1.87. The highest BCUT2D eigenvalue weighted by atomic mass is 32.2. The Morgan fingerprint density at radius 3 is 2.50 bits per heavy atom. The highest BCUT2D eigenvalue weighted by Gasteiger charge is 2.32. The van der Waals surface area contributed by atoms with Crippen molar-refractivity contribution in [2.45, 2.75) is 12.8 Å². The molecule has 0 aliphatic carbocycles. The van der Waals surface area contributed by atoms with Crippen LogP contribution in [-0.4, -0.2) is 42.7 Å². The number of carbonyl (C=O) groups is 3. The van der Waals surface area contributed by atoms with E-state index in [4.69, 9.17) is 12.2 Å². The quantitative estimate of drug-likeness (QED) is 0.645. The van der Waals surface area contributed by atoms with E-state index in [-0.39, 0.29) is 46.6 Å². The molecule has 1 fully saturated rings. The molecule has 0 spiro atoms. The highest BCUT2D eigenvalue weighted by molar-refractivity contribution is 8.23. The molecule has 2 heterocycles. The number of amides is 3. The van der Waals surface area contributed by atoms with E-state index in [0.29, 0.717) is 0 Å². The van der Waals surface area contributed by atoms with Crippen LogP contribution in [0.3, 0.4) is 0 Å². The van der Waals surface area contributed by atoms with Gasteiger partial charge in [0.25, 0.3) is 0 Å². The standard InChI is InChI=1S/C11H10N4O3S2/c16-7(14-10-12-4-1-5-13-10)6-20-11(19)15-8(17)2-3-9(15)18/h1,4-5H,2-3,6H2,(H,12,13,14,16). The molecule has 0 saturated carbocycles. The maximum absolute atomic E-state index is 11.6. The van der Waals surface area contributed by atoms with Crippen LogP contribution >= 0.6 is 24.0 Å². The van der Waals surface area contributed by atoms with E-state index in [1.807, 2.05) is 0 Å².